The zero-order valence-electron chi connectivity index (χ0n) is 21.7. The van der Waals surface area contributed by atoms with E-state index in [1.165, 1.54) is 5.56 Å². The number of hydrazine groups is 1. The van der Waals surface area contributed by atoms with E-state index in [0.717, 1.165) is 63.6 Å². The highest BCUT2D eigenvalue weighted by Gasteiger charge is 2.34. The molecule has 4 rings (SSSR count). The van der Waals surface area contributed by atoms with Gasteiger partial charge in [-0.25, -0.2) is 9.97 Å². The number of carbonyl (C=O) groups excluding carboxylic acids is 1. The number of thiocarbonyl (C=S) groups is 1. The van der Waals surface area contributed by atoms with Crippen molar-refractivity contribution in [3.8, 4) is 0 Å². The van der Waals surface area contributed by atoms with Gasteiger partial charge in [0.1, 0.15) is 0 Å². The van der Waals surface area contributed by atoms with Crippen LogP contribution in [-0.4, -0.2) is 82.6 Å². The summed E-state index contributed by atoms with van der Waals surface area (Å²) in [6, 6.07) is 9.05. The predicted octanol–water partition coefficient (Wildman–Crippen LogP) is 2.67. The second-order valence-corrected chi connectivity index (χ2v) is 10.8. The number of halogens is 2. The number of likely N-dealkylation sites (tertiary alicyclic amines) is 1. The van der Waals surface area contributed by atoms with Crippen molar-refractivity contribution in [3.63, 3.8) is 0 Å². The molecule has 3 heterocycles. The topological polar surface area (TPSA) is 115 Å². The molecular formula is C25H35Cl2N9OS. The van der Waals surface area contributed by atoms with Gasteiger partial charge in [-0.05, 0) is 62.3 Å². The van der Waals surface area contributed by atoms with E-state index in [2.05, 4.69) is 59.9 Å². The van der Waals surface area contributed by atoms with Crippen LogP contribution in [0.5, 0.6) is 0 Å². The van der Waals surface area contributed by atoms with Crippen molar-refractivity contribution in [3.05, 3.63) is 45.7 Å². The summed E-state index contributed by atoms with van der Waals surface area (Å²) in [6.45, 7) is 7.78. The van der Waals surface area contributed by atoms with Crippen molar-refractivity contribution in [1.82, 2.24) is 35.9 Å². The van der Waals surface area contributed by atoms with Gasteiger partial charge >= 0.3 is 0 Å². The number of rotatable bonds is 6. The monoisotopic (exact) mass is 579 g/mol. The molecule has 0 aliphatic carbocycles. The van der Waals surface area contributed by atoms with Crippen molar-refractivity contribution in [2.45, 2.75) is 44.8 Å². The maximum Gasteiger partial charge on any atom is 0.292 e. The van der Waals surface area contributed by atoms with Gasteiger partial charge in [0.15, 0.2) is 27.6 Å². The van der Waals surface area contributed by atoms with Crippen LogP contribution >= 0.6 is 35.4 Å². The normalized spacial score (nSPS) is 19.3. The molecule has 1 atom stereocenters. The van der Waals surface area contributed by atoms with E-state index in [-0.39, 0.29) is 21.8 Å². The largest absolute Gasteiger partial charge is 0.382 e. The summed E-state index contributed by atoms with van der Waals surface area (Å²) in [6.07, 6.45) is 3.30. The lowest BCUT2D eigenvalue weighted by Crippen LogP contribution is -2.58. The summed E-state index contributed by atoms with van der Waals surface area (Å²) in [5.74, 6) is -0.0439. The van der Waals surface area contributed by atoms with Gasteiger partial charge in [0, 0.05) is 50.3 Å². The first-order chi connectivity index (χ1) is 18.3. The number of aromatic nitrogens is 2. The maximum absolute atomic E-state index is 12.4. The van der Waals surface area contributed by atoms with Crippen LogP contribution in [0.3, 0.4) is 0 Å². The molecule has 2 aliphatic heterocycles. The Labute approximate surface area is 239 Å². The minimum Gasteiger partial charge on any atom is -0.382 e. The third-order valence-electron chi connectivity index (χ3n) is 7.24. The fourth-order valence-corrected chi connectivity index (χ4v) is 5.61. The van der Waals surface area contributed by atoms with Crippen molar-refractivity contribution in [1.29, 1.82) is 0 Å². The first-order valence-electron chi connectivity index (χ1n) is 12.9. The Balaban J connectivity index is 1.35. The number of benzene rings is 1. The first-order valence-corrected chi connectivity index (χ1v) is 14.0. The molecule has 2 aromatic rings. The van der Waals surface area contributed by atoms with Gasteiger partial charge in [-0.15, -0.1) is 0 Å². The van der Waals surface area contributed by atoms with Gasteiger partial charge in [-0.3, -0.25) is 25.4 Å². The van der Waals surface area contributed by atoms with Gasteiger partial charge in [0.05, 0.1) is 0 Å². The molecule has 2 aliphatic rings. The smallest absolute Gasteiger partial charge is 0.292 e. The number of amides is 1. The maximum atomic E-state index is 12.4. The summed E-state index contributed by atoms with van der Waals surface area (Å²) in [7, 11) is 1.64. The third-order valence-corrected chi connectivity index (χ3v) is 8.05. The summed E-state index contributed by atoms with van der Waals surface area (Å²) < 4.78 is 0. The molecule has 206 valence electrons. The molecule has 1 amide bonds. The molecular weight excluding hydrogens is 545 g/mol. The van der Waals surface area contributed by atoms with Crippen LogP contribution < -0.4 is 26.8 Å². The van der Waals surface area contributed by atoms with Gasteiger partial charge in [-0.2, -0.15) is 0 Å². The lowest BCUT2D eigenvalue weighted by Gasteiger charge is -2.47. The average molecular weight is 581 g/mol. The fourth-order valence-electron chi connectivity index (χ4n) is 5.19. The van der Waals surface area contributed by atoms with Crippen LogP contribution in [0.1, 0.15) is 42.2 Å². The second-order valence-electron chi connectivity index (χ2n) is 9.61. The number of piperazine rings is 1. The molecule has 2 fully saturated rings. The molecule has 38 heavy (non-hydrogen) atoms. The molecule has 2 saturated heterocycles. The van der Waals surface area contributed by atoms with E-state index in [1.54, 1.807) is 7.05 Å². The van der Waals surface area contributed by atoms with Crippen molar-refractivity contribution in [2.75, 3.05) is 50.4 Å². The quantitative estimate of drug-likeness (QED) is 0.301. The van der Waals surface area contributed by atoms with E-state index in [0.29, 0.717) is 17.9 Å². The van der Waals surface area contributed by atoms with E-state index in [1.807, 2.05) is 12.1 Å². The van der Waals surface area contributed by atoms with Crippen LogP contribution in [0.4, 0.5) is 11.6 Å². The van der Waals surface area contributed by atoms with Crippen molar-refractivity contribution < 1.29 is 4.79 Å². The van der Waals surface area contributed by atoms with Crippen LogP contribution in [0, 0.1) is 0 Å². The summed E-state index contributed by atoms with van der Waals surface area (Å²) in [4.78, 5) is 28.5. The average Bonchev–Trinajstić information content (AvgIpc) is 2.93. The fraction of sp³-hybridized carbons (Fsp3) is 0.520. The van der Waals surface area contributed by atoms with E-state index >= 15 is 0 Å². The molecule has 0 bridgehead atoms. The van der Waals surface area contributed by atoms with Crippen molar-refractivity contribution in [2.24, 2.45) is 0 Å². The zero-order chi connectivity index (χ0) is 27.2. The number of anilines is 2. The molecule has 0 saturated carbocycles. The van der Waals surface area contributed by atoms with Crippen LogP contribution in [0.25, 0.3) is 0 Å². The molecule has 13 heteroatoms. The van der Waals surface area contributed by atoms with Gasteiger partial charge < -0.3 is 16.0 Å². The number of nitrogen functional groups attached to an aromatic ring is 1. The number of nitrogens with two attached hydrogens (primary N) is 1. The van der Waals surface area contributed by atoms with E-state index in [9.17, 15) is 4.79 Å². The Morgan fingerprint density at radius 3 is 2.47 bits per heavy atom. The molecule has 0 spiro atoms. The third kappa shape index (κ3) is 6.95. The van der Waals surface area contributed by atoms with E-state index in [4.69, 9.17) is 41.2 Å². The summed E-state index contributed by atoms with van der Waals surface area (Å²) in [5.41, 5.74) is 12.3. The molecule has 1 aromatic carbocycles. The highest BCUT2D eigenvalue weighted by Crippen LogP contribution is 2.30. The number of hydrogen-bond donors (Lipinski definition) is 4. The Kier molecular flexibility index (Phi) is 9.83. The minimum absolute atomic E-state index is 0.0163. The van der Waals surface area contributed by atoms with Crippen LogP contribution in [0.15, 0.2) is 24.3 Å². The highest BCUT2D eigenvalue weighted by atomic mass is 35.5. The van der Waals surface area contributed by atoms with Crippen LogP contribution in [-0.2, 0) is 6.54 Å². The molecule has 10 nitrogen and oxygen atoms in total. The standard InChI is InChI=1S/C25H35Cl2N9OS/c1-3-18-15-35(23-21(27)30-20(22(28)31-23)24(37)32-33-25(38)29-2)12-13-36(18)19-8-10-34(11-9-19)14-16-4-6-17(26)7-5-16/h4-7,18-19H,3,8-15H2,1-2H3,(H2,28,31)(H,32,37)(H2,29,33,38)/t18-/m0/s1. The predicted molar refractivity (Wildman–Crippen MR) is 156 cm³/mol. The number of nitrogens with one attached hydrogen (secondary N) is 3. The molecule has 1 aromatic heterocycles. The Bertz CT molecular complexity index is 1130. The number of nitrogens with zero attached hydrogens (tertiary/aromatic N) is 5. The molecule has 0 unspecified atom stereocenters. The van der Waals surface area contributed by atoms with Gasteiger partial charge in [0.25, 0.3) is 5.91 Å². The number of carbonyl (C=O) groups is 1. The molecule has 5 N–H and O–H groups in total. The zero-order valence-corrected chi connectivity index (χ0v) is 24.0. The van der Waals surface area contributed by atoms with Gasteiger partial charge in [0.2, 0.25) is 0 Å². The summed E-state index contributed by atoms with van der Waals surface area (Å²) in [5, 5.41) is 3.87. The summed E-state index contributed by atoms with van der Waals surface area (Å²) >= 11 is 17.5. The SMILES string of the molecule is CC[C@H]1CN(c2nc(N)c(C(=O)NNC(=S)NC)nc2Cl)CCN1C1CCN(Cc2ccc(Cl)cc2)CC1. The second kappa shape index (κ2) is 13.1. The molecule has 0 radical (unpaired) electrons. The lowest BCUT2D eigenvalue weighted by molar-refractivity contribution is 0.0610. The highest BCUT2D eigenvalue weighted by molar-refractivity contribution is 7.80. The number of hydrogen-bond acceptors (Lipinski definition) is 8. The Morgan fingerprint density at radius 2 is 1.82 bits per heavy atom. The Hall–Kier alpha value is -2.44. The van der Waals surface area contributed by atoms with Gasteiger partial charge in [-0.1, -0.05) is 42.3 Å². The Morgan fingerprint density at radius 1 is 1.11 bits per heavy atom. The van der Waals surface area contributed by atoms with Crippen molar-refractivity contribution >= 4 is 58.1 Å². The van der Waals surface area contributed by atoms with E-state index < -0.39 is 5.91 Å². The van der Waals surface area contributed by atoms with Crippen LogP contribution in [0.2, 0.25) is 10.2 Å². The number of piperidine rings is 1. The first kappa shape index (κ1) is 28.6. The lowest BCUT2D eigenvalue weighted by atomic mass is 9.98. The minimum atomic E-state index is -0.570.